The van der Waals surface area contributed by atoms with Crippen LogP contribution >= 0.6 is 12.2 Å². The predicted octanol–water partition coefficient (Wildman–Crippen LogP) is -0.697. The first-order valence-corrected chi connectivity index (χ1v) is 5.28. The average molecular weight is 229 g/mol. The van der Waals surface area contributed by atoms with Crippen molar-refractivity contribution in [1.82, 2.24) is 10.6 Å². The Bertz CT molecular complexity index is 283. The van der Waals surface area contributed by atoms with E-state index in [2.05, 4.69) is 10.6 Å². The Morgan fingerprint density at radius 1 is 1.73 bits per heavy atom. The molecule has 0 bridgehead atoms. The third kappa shape index (κ3) is 3.47. The number of carbonyl (C=O) groups is 2. The van der Waals surface area contributed by atoms with E-state index in [1.807, 2.05) is 0 Å². The topological polar surface area (TPSA) is 84.2 Å². The van der Waals surface area contributed by atoms with Crippen molar-refractivity contribution in [3.63, 3.8) is 0 Å². The van der Waals surface area contributed by atoms with Crippen LogP contribution in [-0.2, 0) is 9.59 Å². The van der Waals surface area contributed by atoms with Crippen LogP contribution in [0.2, 0.25) is 0 Å². The van der Waals surface area contributed by atoms with Gasteiger partial charge in [-0.2, -0.15) is 0 Å². The third-order valence-electron chi connectivity index (χ3n) is 2.43. The molecule has 84 valence electrons. The fraction of sp³-hybridized carbons (Fsp3) is 0.667. The van der Waals surface area contributed by atoms with Gasteiger partial charge >= 0.3 is 0 Å². The van der Waals surface area contributed by atoms with Gasteiger partial charge in [-0.1, -0.05) is 12.2 Å². The highest BCUT2D eigenvalue weighted by Gasteiger charge is 2.22. The summed E-state index contributed by atoms with van der Waals surface area (Å²) in [7, 11) is 0. The lowest BCUT2D eigenvalue weighted by atomic mass is 10.1. The van der Waals surface area contributed by atoms with Gasteiger partial charge in [0.25, 0.3) is 0 Å². The maximum atomic E-state index is 11.5. The lowest BCUT2D eigenvalue weighted by Crippen LogP contribution is -2.50. The van der Waals surface area contributed by atoms with E-state index in [4.69, 9.17) is 18.0 Å². The summed E-state index contributed by atoms with van der Waals surface area (Å²) in [5.41, 5.74) is 5.36. The molecular formula is C9H15N3O2S. The molecule has 0 spiro atoms. The highest BCUT2D eigenvalue weighted by atomic mass is 32.1. The number of thiocarbonyl (C=S) groups is 1. The molecule has 2 unspecified atom stereocenters. The van der Waals surface area contributed by atoms with Gasteiger partial charge in [-0.25, -0.2) is 0 Å². The van der Waals surface area contributed by atoms with E-state index in [0.717, 1.165) is 0 Å². The second-order valence-electron chi connectivity index (χ2n) is 3.67. The number of hydrogen-bond acceptors (Lipinski definition) is 3. The Kier molecular flexibility index (Phi) is 4.02. The maximum Gasteiger partial charge on any atom is 0.229 e. The molecule has 1 aliphatic rings. The zero-order valence-corrected chi connectivity index (χ0v) is 9.39. The molecule has 1 rings (SSSR count). The van der Waals surface area contributed by atoms with Crippen molar-refractivity contribution < 1.29 is 9.59 Å². The van der Waals surface area contributed by atoms with Gasteiger partial charge in [-0.3, -0.25) is 9.59 Å². The van der Waals surface area contributed by atoms with Gasteiger partial charge in [0, 0.05) is 19.0 Å². The van der Waals surface area contributed by atoms with Gasteiger partial charge < -0.3 is 16.4 Å². The molecular weight excluding hydrogens is 214 g/mol. The summed E-state index contributed by atoms with van der Waals surface area (Å²) in [6.45, 7) is 2.15. The Hall–Kier alpha value is -1.17. The molecule has 0 radical (unpaired) electrons. The van der Waals surface area contributed by atoms with E-state index in [0.29, 0.717) is 19.4 Å². The van der Waals surface area contributed by atoms with Gasteiger partial charge in [0.15, 0.2) is 0 Å². The SMILES string of the molecule is CC(C(=O)NC1CCC(=O)NC1)C(N)=S. The first-order chi connectivity index (χ1) is 7.00. The van der Waals surface area contributed by atoms with Crippen molar-refractivity contribution in [3.8, 4) is 0 Å². The molecule has 1 saturated heterocycles. The third-order valence-corrected chi connectivity index (χ3v) is 2.79. The molecule has 2 amide bonds. The van der Waals surface area contributed by atoms with E-state index in [1.165, 1.54) is 0 Å². The largest absolute Gasteiger partial charge is 0.393 e. The van der Waals surface area contributed by atoms with Crippen LogP contribution in [0.5, 0.6) is 0 Å². The zero-order valence-electron chi connectivity index (χ0n) is 8.58. The van der Waals surface area contributed by atoms with E-state index < -0.39 is 5.92 Å². The van der Waals surface area contributed by atoms with E-state index in [-0.39, 0.29) is 22.8 Å². The van der Waals surface area contributed by atoms with Gasteiger partial charge in [0.1, 0.15) is 0 Å². The average Bonchev–Trinajstić information content (AvgIpc) is 2.20. The lowest BCUT2D eigenvalue weighted by molar-refractivity contribution is -0.126. The minimum atomic E-state index is -0.461. The van der Waals surface area contributed by atoms with Crippen LogP contribution in [-0.4, -0.2) is 29.4 Å². The van der Waals surface area contributed by atoms with E-state index in [9.17, 15) is 9.59 Å². The Morgan fingerprint density at radius 2 is 2.40 bits per heavy atom. The fourth-order valence-corrected chi connectivity index (χ4v) is 1.42. The van der Waals surface area contributed by atoms with Crippen LogP contribution in [0.25, 0.3) is 0 Å². The van der Waals surface area contributed by atoms with Crippen molar-refractivity contribution in [1.29, 1.82) is 0 Å². The van der Waals surface area contributed by atoms with Crippen molar-refractivity contribution in [3.05, 3.63) is 0 Å². The molecule has 0 aliphatic carbocycles. The van der Waals surface area contributed by atoms with Gasteiger partial charge in [0.05, 0.1) is 10.9 Å². The van der Waals surface area contributed by atoms with Gasteiger partial charge in [0.2, 0.25) is 11.8 Å². The number of piperidine rings is 1. The van der Waals surface area contributed by atoms with Crippen LogP contribution in [0.1, 0.15) is 19.8 Å². The molecule has 0 aromatic rings. The smallest absolute Gasteiger partial charge is 0.229 e. The van der Waals surface area contributed by atoms with Crippen LogP contribution in [0.3, 0.4) is 0 Å². The van der Waals surface area contributed by atoms with Crippen molar-refractivity contribution in [2.75, 3.05) is 6.54 Å². The van der Waals surface area contributed by atoms with Crippen LogP contribution in [0.4, 0.5) is 0 Å². The van der Waals surface area contributed by atoms with E-state index in [1.54, 1.807) is 6.92 Å². The van der Waals surface area contributed by atoms with Gasteiger partial charge in [-0.05, 0) is 13.3 Å². The Balaban J connectivity index is 2.38. The molecule has 1 aliphatic heterocycles. The summed E-state index contributed by atoms with van der Waals surface area (Å²) in [6.07, 6.45) is 1.12. The molecule has 1 heterocycles. The highest BCUT2D eigenvalue weighted by Crippen LogP contribution is 2.04. The molecule has 4 N–H and O–H groups in total. The number of hydrogen-bond donors (Lipinski definition) is 3. The lowest BCUT2D eigenvalue weighted by Gasteiger charge is -2.24. The van der Waals surface area contributed by atoms with E-state index >= 15 is 0 Å². The molecule has 0 aromatic heterocycles. The highest BCUT2D eigenvalue weighted by molar-refractivity contribution is 7.80. The number of carbonyl (C=O) groups excluding carboxylic acids is 2. The molecule has 0 saturated carbocycles. The number of nitrogens with one attached hydrogen (secondary N) is 2. The summed E-state index contributed by atoms with van der Waals surface area (Å²) < 4.78 is 0. The number of nitrogens with two attached hydrogens (primary N) is 1. The maximum absolute atomic E-state index is 11.5. The minimum absolute atomic E-state index is 0.00741. The molecule has 6 heteroatoms. The summed E-state index contributed by atoms with van der Waals surface area (Å²) >= 11 is 4.73. The molecule has 1 fully saturated rings. The van der Waals surface area contributed by atoms with Crippen LogP contribution in [0.15, 0.2) is 0 Å². The second kappa shape index (κ2) is 5.06. The summed E-state index contributed by atoms with van der Waals surface area (Å²) in [5.74, 6) is -0.607. The molecule has 15 heavy (non-hydrogen) atoms. The van der Waals surface area contributed by atoms with Crippen LogP contribution in [0, 0.1) is 5.92 Å². The molecule has 0 aromatic carbocycles. The minimum Gasteiger partial charge on any atom is -0.393 e. The monoisotopic (exact) mass is 229 g/mol. The Morgan fingerprint density at radius 3 is 2.87 bits per heavy atom. The summed E-state index contributed by atoms with van der Waals surface area (Å²) in [4.78, 5) is 22.6. The fourth-order valence-electron chi connectivity index (χ4n) is 1.31. The first-order valence-electron chi connectivity index (χ1n) is 4.87. The second-order valence-corrected chi connectivity index (χ2v) is 4.14. The number of amides is 2. The van der Waals surface area contributed by atoms with Crippen molar-refractivity contribution in [2.45, 2.75) is 25.8 Å². The van der Waals surface area contributed by atoms with Crippen LogP contribution < -0.4 is 16.4 Å². The quantitative estimate of drug-likeness (QED) is 0.559. The number of rotatable bonds is 3. The van der Waals surface area contributed by atoms with Crippen molar-refractivity contribution in [2.24, 2.45) is 11.7 Å². The first kappa shape index (κ1) is 11.9. The molecule has 5 nitrogen and oxygen atoms in total. The predicted molar refractivity (Wildman–Crippen MR) is 60.1 cm³/mol. The molecule has 2 atom stereocenters. The Labute approximate surface area is 93.8 Å². The van der Waals surface area contributed by atoms with Crippen molar-refractivity contribution >= 4 is 29.0 Å². The summed E-state index contributed by atoms with van der Waals surface area (Å²) in [6, 6.07) is -0.00741. The summed E-state index contributed by atoms with van der Waals surface area (Å²) in [5, 5.41) is 5.49. The zero-order chi connectivity index (χ0) is 11.4. The van der Waals surface area contributed by atoms with Gasteiger partial charge in [-0.15, -0.1) is 0 Å². The standard InChI is InChI=1S/C9H15N3O2S/c1-5(8(10)15)9(14)12-6-2-3-7(13)11-4-6/h5-6H,2-4H2,1H3,(H2,10,15)(H,11,13)(H,12,14). The normalized spacial score (nSPS) is 22.7.